The Balaban J connectivity index is 0.996. The number of thioether (sulfide) groups is 1. The third kappa shape index (κ3) is 4.58. The van der Waals surface area contributed by atoms with E-state index in [1.807, 2.05) is 17.8 Å². The molecule has 228 valence electrons. The first-order valence-electron chi connectivity index (χ1n) is 16.9. The molecule has 0 spiro atoms. The van der Waals surface area contributed by atoms with E-state index in [1.54, 1.807) is 0 Å². The lowest BCUT2D eigenvalue weighted by molar-refractivity contribution is 0.654. The molecule has 3 heterocycles. The molecule has 0 amide bonds. The Morgan fingerprint density at radius 3 is 2.48 bits per heavy atom. The number of rotatable bonds is 5. The van der Waals surface area contributed by atoms with E-state index in [2.05, 4.69) is 151 Å². The summed E-state index contributed by atoms with van der Waals surface area (Å²) in [6.45, 7) is 0. The fraction of sp³-hybridized carbons (Fsp3) is 0.0909. The second-order valence-electron chi connectivity index (χ2n) is 13.2. The third-order valence-corrected chi connectivity index (χ3v) is 11.6. The van der Waals surface area contributed by atoms with Gasteiger partial charge in [-0.15, -0.1) is 0 Å². The van der Waals surface area contributed by atoms with Gasteiger partial charge in [0, 0.05) is 44.8 Å². The standard InChI is InChI=1S/C44H32BNOS/c1-2-8-28(9-3-1)29-14-19-32(20-15-29)46(34-23-25-42-38(27-34)35-10-5-7-13-41(35)48-42)33-21-16-30(17-22-33)31-18-24-36-39(26-31)45-44-43(36)37-11-4-6-12-40(37)47-44/h1-9,11-14,16-27,29,35,45H,10,15H2. The van der Waals surface area contributed by atoms with E-state index in [4.69, 9.17) is 4.42 Å². The molecule has 0 bridgehead atoms. The highest BCUT2D eigenvalue weighted by atomic mass is 32.2. The lowest BCUT2D eigenvalue weighted by Crippen LogP contribution is -2.20. The fourth-order valence-electron chi connectivity index (χ4n) is 7.99. The summed E-state index contributed by atoms with van der Waals surface area (Å²) in [7, 11) is 0.841. The highest BCUT2D eigenvalue weighted by Crippen LogP contribution is 2.53. The maximum absolute atomic E-state index is 6.24. The second-order valence-corrected chi connectivity index (χ2v) is 14.3. The Hall–Kier alpha value is -5.19. The number of hydrogen-bond acceptors (Lipinski definition) is 3. The number of anilines is 2. The van der Waals surface area contributed by atoms with Crippen molar-refractivity contribution < 1.29 is 4.42 Å². The normalized spacial score (nSPS) is 18.4. The molecule has 6 aromatic rings. The van der Waals surface area contributed by atoms with Crippen molar-refractivity contribution in [2.24, 2.45) is 0 Å². The van der Waals surface area contributed by atoms with E-state index < -0.39 is 0 Å². The van der Waals surface area contributed by atoms with Gasteiger partial charge in [0.2, 0.25) is 7.28 Å². The van der Waals surface area contributed by atoms with Crippen LogP contribution in [0.15, 0.2) is 172 Å². The first-order chi connectivity index (χ1) is 23.8. The van der Waals surface area contributed by atoms with Crippen LogP contribution < -0.4 is 16.0 Å². The van der Waals surface area contributed by atoms with Crippen molar-refractivity contribution in [3.8, 4) is 22.3 Å². The smallest absolute Gasteiger partial charge is 0.240 e. The number of nitrogens with zero attached hydrogens (tertiary/aromatic N) is 1. The van der Waals surface area contributed by atoms with Gasteiger partial charge in [-0.1, -0.05) is 126 Å². The van der Waals surface area contributed by atoms with Gasteiger partial charge in [0.25, 0.3) is 0 Å². The molecule has 2 nitrogen and oxygen atoms in total. The van der Waals surface area contributed by atoms with Gasteiger partial charge in [-0.25, -0.2) is 0 Å². The van der Waals surface area contributed by atoms with Crippen LogP contribution in [0.5, 0.6) is 0 Å². The number of allylic oxidation sites excluding steroid dienone is 7. The zero-order chi connectivity index (χ0) is 31.6. The minimum Gasteiger partial charge on any atom is -0.471 e. The Morgan fingerprint density at radius 2 is 1.60 bits per heavy atom. The summed E-state index contributed by atoms with van der Waals surface area (Å²) in [6, 6.07) is 42.3. The third-order valence-electron chi connectivity index (χ3n) is 10.4. The van der Waals surface area contributed by atoms with Crippen molar-refractivity contribution >= 4 is 52.5 Å². The summed E-state index contributed by atoms with van der Waals surface area (Å²) < 4.78 is 6.24. The molecule has 2 aliphatic heterocycles. The summed E-state index contributed by atoms with van der Waals surface area (Å²) in [5, 5.41) is 1.21. The SMILES string of the molecule is B1c2cc(-c3ccc(N(C4=CCC(c5ccccc5)C=C4)c4ccc5c(c4)C4CC=CC=C4S5)cc3)ccc2-c2c1oc1ccccc21. The van der Waals surface area contributed by atoms with Gasteiger partial charge in [-0.2, -0.15) is 0 Å². The predicted molar refractivity (Wildman–Crippen MR) is 204 cm³/mol. The lowest BCUT2D eigenvalue weighted by Gasteiger charge is -2.30. The molecule has 2 aliphatic carbocycles. The molecule has 0 saturated heterocycles. The van der Waals surface area contributed by atoms with Crippen LogP contribution in [-0.4, -0.2) is 7.28 Å². The summed E-state index contributed by atoms with van der Waals surface area (Å²) in [5.74, 6) is 0.860. The summed E-state index contributed by atoms with van der Waals surface area (Å²) >= 11 is 1.93. The van der Waals surface area contributed by atoms with Crippen LogP contribution in [0.4, 0.5) is 11.4 Å². The van der Waals surface area contributed by atoms with Crippen molar-refractivity contribution in [3.63, 3.8) is 0 Å². The van der Waals surface area contributed by atoms with E-state index in [-0.39, 0.29) is 0 Å². The first kappa shape index (κ1) is 27.9. The van der Waals surface area contributed by atoms with Crippen LogP contribution in [0.1, 0.15) is 35.8 Å². The van der Waals surface area contributed by atoms with Gasteiger partial charge in [-0.05, 0) is 88.0 Å². The van der Waals surface area contributed by atoms with Gasteiger partial charge in [0.15, 0.2) is 0 Å². The fourth-order valence-corrected chi connectivity index (χ4v) is 9.21. The highest BCUT2D eigenvalue weighted by Gasteiger charge is 2.30. The van der Waals surface area contributed by atoms with Gasteiger partial charge in [0.1, 0.15) is 5.58 Å². The quantitative estimate of drug-likeness (QED) is 0.176. The largest absolute Gasteiger partial charge is 0.471 e. The molecule has 2 unspecified atom stereocenters. The molecule has 0 radical (unpaired) electrons. The molecule has 10 rings (SSSR count). The van der Waals surface area contributed by atoms with Crippen LogP contribution in [0.25, 0.3) is 33.2 Å². The topological polar surface area (TPSA) is 16.4 Å². The molecule has 4 aliphatic rings. The number of furan rings is 1. The van der Waals surface area contributed by atoms with Gasteiger partial charge >= 0.3 is 0 Å². The maximum Gasteiger partial charge on any atom is 0.240 e. The minimum atomic E-state index is 0.395. The van der Waals surface area contributed by atoms with Crippen molar-refractivity contribution in [3.05, 3.63) is 173 Å². The average molecular weight is 634 g/mol. The van der Waals surface area contributed by atoms with E-state index >= 15 is 0 Å². The zero-order valence-electron chi connectivity index (χ0n) is 26.5. The molecule has 1 aromatic heterocycles. The molecule has 48 heavy (non-hydrogen) atoms. The van der Waals surface area contributed by atoms with E-state index in [0.29, 0.717) is 11.8 Å². The number of fused-ring (bicyclic) bond motifs is 8. The van der Waals surface area contributed by atoms with Crippen molar-refractivity contribution in [2.45, 2.75) is 29.6 Å². The van der Waals surface area contributed by atoms with E-state index in [1.165, 1.54) is 71.1 Å². The first-order valence-corrected chi connectivity index (χ1v) is 17.7. The molecule has 0 saturated carbocycles. The summed E-state index contributed by atoms with van der Waals surface area (Å²) in [6.07, 6.45) is 16.0. The Kier molecular flexibility index (Phi) is 6.51. The Bertz CT molecular complexity index is 2360. The maximum atomic E-state index is 6.24. The van der Waals surface area contributed by atoms with Gasteiger partial charge in [0.05, 0.1) is 5.66 Å². The van der Waals surface area contributed by atoms with Crippen molar-refractivity contribution in [2.75, 3.05) is 4.90 Å². The van der Waals surface area contributed by atoms with E-state index in [0.717, 1.165) is 31.4 Å². The molecule has 4 heteroatoms. The predicted octanol–water partition coefficient (Wildman–Crippen LogP) is 10.3. The zero-order valence-corrected chi connectivity index (χ0v) is 27.3. The highest BCUT2D eigenvalue weighted by molar-refractivity contribution is 8.03. The monoisotopic (exact) mass is 633 g/mol. The van der Waals surface area contributed by atoms with Crippen LogP contribution >= 0.6 is 11.8 Å². The van der Waals surface area contributed by atoms with Crippen LogP contribution in [0.2, 0.25) is 0 Å². The average Bonchev–Trinajstić information content (AvgIpc) is 3.82. The molecule has 0 fully saturated rings. The van der Waals surface area contributed by atoms with Gasteiger partial charge < -0.3 is 9.32 Å². The summed E-state index contributed by atoms with van der Waals surface area (Å²) in [5.41, 5.74) is 14.8. The summed E-state index contributed by atoms with van der Waals surface area (Å²) in [4.78, 5) is 5.30. The van der Waals surface area contributed by atoms with Crippen LogP contribution in [0.3, 0.4) is 0 Å². The molecule has 2 atom stereocenters. The van der Waals surface area contributed by atoms with E-state index in [9.17, 15) is 0 Å². The van der Waals surface area contributed by atoms with Crippen LogP contribution in [0, 0.1) is 0 Å². The molecular weight excluding hydrogens is 601 g/mol. The van der Waals surface area contributed by atoms with Crippen LogP contribution in [-0.2, 0) is 0 Å². The number of hydrogen-bond donors (Lipinski definition) is 0. The van der Waals surface area contributed by atoms with Gasteiger partial charge in [-0.3, -0.25) is 0 Å². The minimum absolute atomic E-state index is 0.395. The van der Waals surface area contributed by atoms with Crippen molar-refractivity contribution in [1.29, 1.82) is 0 Å². The molecule has 0 N–H and O–H groups in total. The number of para-hydroxylation sites is 1. The molecular formula is C44H32BNOS. The second kappa shape index (κ2) is 11.2. The van der Waals surface area contributed by atoms with Crippen molar-refractivity contribution in [1.82, 2.24) is 0 Å². The Morgan fingerprint density at radius 1 is 0.771 bits per heavy atom. The lowest BCUT2D eigenvalue weighted by atomic mass is 9.71. The number of benzene rings is 5. The molecule has 5 aromatic carbocycles. The Labute approximate surface area is 286 Å².